The second-order valence-electron chi connectivity index (χ2n) is 11.5. The van der Waals surface area contributed by atoms with Crippen molar-refractivity contribution in [1.82, 2.24) is 25.5 Å². The molecule has 2 heterocycles. The molecule has 0 amide bonds. The highest BCUT2D eigenvalue weighted by Crippen LogP contribution is 2.30. The lowest BCUT2D eigenvalue weighted by Crippen LogP contribution is -2.37. The summed E-state index contributed by atoms with van der Waals surface area (Å²) >= 11 is 0. The van der Waals surface area contributed by atoms with Crippen molar-refractivity contribution in [1.29, 1.82) is 0 Å². The van der Waals surface area contributed by atoms with Crippen LogP contribution >= 0.6 is 0 Å². The van der Waals surface area contributed by atoms with Gasteiger partial charge in [0.15, 0.2) is 0 Å². The van der Waals surface area contributed by atoms with Gasteiger partial charge in [-0.3, -0.25) is 0 Å². The summed E-state index contributed by atoms with van der Waals surface area (Å²) in [7, 11) is -4.22. The summed E-state index contributed by atoms with van der Waals surface area (Å²) in [5.74, 6) is -1.25. The Hall–Kier alpha value is -4.42. The molecular weight excluding hydrogens is 568 g/mol. The van der Waals surface area contributed by atoms with Gasteiger partial charge in [0.1, 0.15) is 6.61 Å². The minimum atomic E-state index is -4.22. The quantitative estimate of drug-likeness (QED) is 0.201. The lowest BCUT2D eigenvalue weighted by atomic mass is 9.88. The van der Waals surface area contributed by atoms with Crippen LogP contribution in [0.15, 0.2) is 71.8 Å². The molecule has 4 aromatic rings. The number of aromatic nitrogens is 4. The third kappa shape index (κ3) is 8.79. The zero-order valence-electron chi connectivity index (χ0n) is 24.8. The van der Waals surface area contributed by atoms with E-state index in [0.717, 1.165) is 34.9 Å². The van der Waals surface area contributed by atoms with Crippen LogP contribution in [0, 0.1) is 19.3 Å². The van der Waals surface area contributed by atoms with Gasteiger partial charge in [-0.25, -0.2) is 22.9 Å². The average molecular weight is 605 g/mol. The summed E-state index contributed by atoms with van der Waals surface area (Å²) in [6.45, 7) is 11.0. The van der Waals surface area contributed by atoms with Crippen LogP contribution in [0.25, 0.3) is 11.3 Å². The van der Waals surface area contributed by atoms with Crippen LogP contribution in [-0.2, 0) is 16.6 Å². The summed E-state index contributed by atoms with van der Waals surface area (Å²) in [6, 6.07) is 16.2. The molecule has 0 unspecified atom stereocenters. The third-order valence-corrected chi connectivity index (χ3v) is 7.87. The predicted octanol–water partition coefficient (Wildman–Crippen LogP) is 5.02. The highest BCUT2D eigenvalue weighted by atomic mass is 32.2. The molecule has 0 saturated carbocycles. The van der Waals surface area contributed by atoms with Crippen molar-refractivity contribution in [3.8, 4) is 17.1 Å². The van der Waals surface area contributed by atoms with E-state index in [0.29, 0.717) is 12.2 Å². The van der Waals surface area contributed by atoms with E-state index < -0.39 is 16.0 Å². The van der Waals surface area contributed by atoms with E-state index in [1.54, 1.807) is 12.3 Å². The van der Waals surface area contributed by atoms with Crippen LogP contribution < -0.4 is 14.8 Å². The molecule has 3 N–H and O–H groups in total. The second-order valence-corrected chi connectivity index (χ2v) is 13.2. The van der Waals surface area contributed by atoms with Gasteiger partial charge in [0.25, 0.3) is 10.0 Å². The summed E-state index contributed by atoms with van der Waals surface area (Å²) in [5.41, 5.74) is 3.84. The summed E-state index contributed by atoms with van der Waals surface area (Å²) in [6.07, 6.45) is 2.40. The van der Waals surface area contributed by atoms with Crippen molar-refractivity contribution in [2.24, 2.45) is 5.41 Å². The van der Waals surface area contributed by atoms with Crippen molar-refractivity contribution >= 4 is 21.9 Å². The van der Waals surface area contributed by atoms with Gasteiger partial charge >= 0.3 is 5.97 Å². The Bertz CT molecular complexity index is 1670. The van der Waals surface area contributed by atoms with E-state index in [9.17, 15) is 18.3 Å². The molecule has 0 radical (unpaired) electrons. The van der Waals surface area contributed by atoms with E-state index in [1.807, 2.05) is 44.2 Å². The fourth-order valence-electron chi connectivity index (χ4n) is 4.66. The maximum absolute atomic E-state index is 13.3. The lowest BCUT2D eigenvalue weighted by molar-refractivity contribution is 0.0696. The van der Waals surface area contributed by atoms with Gasteiger partial charge in [-0.1, -0.05) is 45.0 Å². The number of carboxylic acid groups (broad SMARTS) is 1. The normalized spacial score (nSPS) is 12.5. The fourth-order valence-corrected chi connectivity index (χ4v) is 5.65. The Balaban J connectivity index is 1.66. The van der Waals surface area contributed by atoms with Crippen molar-refractivity contribution in [2.45, 2.75) is 58.5 Å². The Morgan fingerprint density at radius 1 is 1.00 bits per heavy atom. The molecular formula is C31H36N6O5S. The van der Waals surface area contributed by atoms with Crippen LogP contribution in [0.1, 0.15) is 54.4 Å². The van der Waals surface area contributed by atoms with Gasteiger partial charge < -0.3 is 15.2 Å². The van der Waals surface area contributed by atoms with E-state index in [1.165, 1.54) is 18.2 Å². The second kappa shape index (κ2) is 13.3. The van der Waals surface area contributed by atoms with E-state index in [4.69, 9.17) is 4.74 Å². The lowest BCUT2D eigenvalue weighted by Gasteiger charge is -2.27. The summed E-state index contributed by atoms with van der Waals surface area (Å²) in [5, 5.41) is 20.9. The van der Waals surface area contributed by atoms with Gasteiger partial charge in [-0.15, -0.1) is 0 Å². The molecule has 0 aliphatic rings. The molecule has 0 aliphatic heterocycles. The van der Waals surface area contributed by atoms with Crippen molar-refractivity contribution in [3.05, 3.63) is 89.2 Å². The van der Waals surface area contributed by atoms with Gasteiger partial charge in [0.2, 0.25) is 11.8 Å². The molecule has 4 rings (SSSR count). The Morgan fingerprint density at radius 2 is 1.72 bits per heavy atom. The largest absolute Gasteiger partial charge is 0.478 e. The van der Waals surface area contributed by atoms with Gasteiger partial charge in [-0.2, -0.15) is 15.2 Å². The fraction of sp³-hybridized carbons (Fsp3) is 0.323. The number of nitrogens with zero attached hydrogens (tertiary/aromatic N) is 4. The molecule has 0 fully saturated rings. The highest BCUT2D eigenvalue weighted by Gasteiger charge is 2.22. The number of carbonyl (C=O) groups is 1. The zero-order chi connectivity index (χ0) is 31.2. The molecule has 0 aliphatic carbocycles. The molecule has 43 heavy (non-hydrogen) atoms. The minimum absolute atomic E-state index is 0.0101. The number of anilines is 1. The summed E-state index contributed by atoms with van der Waals surface area (Å²) < 4.78 is 35.1. The van der Waals surface area contributed by atoms with Crippen molar-refractivity contribution in [3.63, 3.8) is 0 Å². The van der Waals surface area contributed by atoms with Crippen LogP contribution in [-0.4, -0.2) is 52.3 Å². The maximum atomic E-state index is 13.3. The highest BCUT2D eigenvalue weighted by molar-refractivity contribution is 7.92. The van der Waals surface area contributed by atoms with Crippen LogP contribution in [0.3, 0.4) is 0 Å². The molecule has 0 saturated heterocycles. The zero-order valence-corrected chi connectivity index (χ0v) is 25.6. The number of aryl methyl sites for hydroxylation is 2. The molecule has 2 aromatic carbocycles. The molecule has 11 nitrogen and oxygen atoms in total. The molecule has 0 bridgehead atoms. The van der Waals surface area contributed by atoms with Gasteiger partial charge in [-0.05, 0) is 67.1 Å². The standard InChI is InChI=1S/C31H36N6O5S/c1-20-9-6-10-21(2)28(20)26-16-27(42-19-24(17-31(3,4)5)32-18-23-12-8-14-33-36-23)35-30(34-26)37-43(40,41)25-13-7-11-22(15-25)29(38)39/h6-16,24,32H,17-19H2,1-5H3,(H,38,39)(H,34,35,37)/t24-/m1/s1. The first-order valence-electron chi connectivity index (χ1n) is 13.8. The first-order chi connectivity index (χ1) is 20.3. The van der Waals surface area contributed by atoms with Crippen LogP contribution in [0.4, 0.5) is 5.95 Å². The minimum Gasteiger partial charge on any atom is -0.478 e. The Kier molecular flexibility index (Phi) is 9.72. The Morgan fingerprint density at radius 3 is 2.37 bits per heavy atom. The third-order valence-electron chi connectivity index (χ3n) is 6.55. The predicted molar refractivity (Wildman–Crippen MR) is 163 cm³/mol. The van der Waals surface area contributed by atoms with Gasteiger partial charge in [0, 0.05) is 30.4 Å². The van der Waals surface area contributed by atoms with Crippen molar-refractivity contribution in [2.75, 3.05) is 11.3 Å². The number of hydrogen-bond donors (Lipinski definition) is 3. The first kappa shape index (κ1) is 31.5. The number of benzene rings is 2. The number of carboxylic acids is 1. The van der Waals surface area contributed by atoms with E-state index in [2.05, 4.69) is 51.0 Å². The topological polar surface area (TPSA) is 156 Å². The number of aromatic carboxylic acids is 1. The summed E-state index contributed by atoms with van der Waals surface area (Å²) in [4.78, 5) is 20.1. The van der Waals surface area contributed by atoms with E-state index >= 15 is 0 Å². The number of sulfonamides is 1. The molecule has 0 spiro atoms. The van der Waals surface area contributed by atoms with Crippen LogP contribution in [0.5, 0.6) is 5.88 Å². The number of hydrogen-bond acceptors (Lipinski definition) is 9. The average Bonchev–Trinajstić information content (AvgIpc) is 2.94. The number of ether oxygens (including phenoxy) is 1. The smallest absolute Gasteiger partial charge is 0.335 e. The Labute approximate surface area is 251 Å². The maximum Gasteiger partial charge on any atom is 0.335 e. The molecule has 12 heteroatoms. The number of nitrogens with one attached hydrogen (secondary N) is 2. The van der Waals surface area contributed by atoms with Gasteiger partial charge in [0.05, 0.1) is 21.8 Å². The SMILES string of the molecule is Cc1cccc(C)c1-c1cc(OC[C@@H](CC(C)(C)C)NCc2cccnn2)nc(NS(=O)(=O)c2cccc(C(=O)O)c2)n1. The van der Waals surface area contributed by atoms with Crippen molar-refractivity contribution < 1.29 is 23.1 Å². The molecule has 1 atom stereocenters. The first-order valence-corrected chi connectivity index (χ1v) is 15.2. The molecule has 226 valence electrons. The molecule has 2 aromatic heterocycles. The monoisotopic (exact) mass is 604 g/mol. The van der Waals surface area contributed by atoms with E-state index in [-0.39, 0.29) is 40.4 Å². The van der Waals surface area contributed by atoms with Crippen LogP contribution in [0.2, 0.25) is 0 Å². The number of rotatable bonds is 12.